The second kappa shape index (κ2) is 9.46. The number of hydrogen-bond donors (Lipinski definition) is 2. The van der Waals surface area contributed by atoms with Crippen LogP contribution in [0.25, 0.3) is 10.9 Å². The molecule has 0 fully saturated rings. The smallest absolute Gasteiger partial charge is 0.262 e. The number of aromatic nitrogens is 2. The predicted molar refractivity (Wildman–Crippen MR) is 131 cm³/mol. The Labute approximate surface area is 194 Å². The lowest BCUT2D eigenvalue weighted by Crippen LogP contribution is -2.22. The fraction of sp³-hybridized carbons (Fsp3) is 0.125. The molecule has 4 aromatic rings. The molecule has 4 rings (SSSR count). The van der Waals surface area contributed by atoms with Crippen LogP contribution < -0.4 is 16.6 Å². The highest BCUT2D eigenvalue weighted by molar-refractivity contribution is 7.98. The number of thioether (sulfide) groups is 1. The average Bonchev–Trinajstić information content (AvgIpc) is 2.79. The van der Waals surface area contributed by atoms with E-state index >= 15 is 0 Å². The predicted octanol–water partition coefficient (Wildman–Crippen LogP) is 5.20. The van der Waals surface area contributed by atoms with Crippen molar-refractivity contribution in [3.63, 3.8) is 0 Å². The molecule has 0 aliphatic rings. The van der Waals surface area contributed by atoms with Crippen LogP contribution in [0.5, 0.6) is 0 Å². The number of benzene rings is 3. The fourth-order valence-corrected chi connectivity index (χ4v) is 4.45. The van der Waals surface area contributed by atoms with E-state index in [1.165, 1.54) is 11.8 Å². The van der Waals surface area contributed by atoms with Gasteiger partial charge in [0, 0.05) is 22.9 Å². The molecule has 0 saturated carbocycles. The van der Waals surface area contributed by atoms with E-state index < -0.39 is 0 Å². The van der Waals surface area contributed by atoms with Crippen molar-refractivity contribution in [2.24, 2.45) is 0 Å². The molecule has 3 N–H and O–H groups in total. The maximum Gasteiger partial charge on any atom is 0.262 e. The van der Waals surface area contributed by atoms with Gasteiger partial charge in [-0.2, -0.15) is 0 Å². The third kappa shape index (κ3) is 4.64. The van der Waals surface area contributed by atoms with Crippen LogP contribution in [0.15, 0.2) is 76.7 Å². The van der Waals surface area contributed by atoms with Gasteiger partial charge in [-0.05, 0) is 55.0 Å². The first-order chi connectivity index (χ1) is 15.5. The molecular formula is C24H21ClN4O2S. The highest BCUT2D eigenvalue weighted by atomic mass is 35.5. The van der Waals surface area contributed by atoms with Gasteiger partial charge in [-0.1, -0.05) is 47.6 Å². The van der Waals surface area contributed by atoms with Crippen LogP contribution in [0.1, 0.15) is 22.8 Å². The molecule has 32 heavy (non-hydrogen) atoms. The Morgan fingerprint density at radius 1 is 1.12 bits per heavy atom. The molecule has 1 amide bonds. The quantitative estimate of drug-likeness (QED) is 0.232. The summed E-state index contributed by atoms with van der Waals surface area (Å²) in [4.78, 5) is 30.0. The zero-order valence-electron chi connectivity index (χ0n) is 17.3. The molecule has 0 radical (unpaired) electrons. The van der Waals surface area contributed by atoms with E-state index in [1.54, 1.807) is 47.0 Å². The topological polar surface area (TPSA) is 90.0 Å². The lowest BCUT2D eigenvalue weighted by Gasteiger charge is -2.12. The number of rotatable bonds is 6. The Bertz CT molecular complexity index is 1350. The zero-order valence-corrected chi connectivity index (χ0v) is 18.9. The normalized spacial score (nSPS) is 10.9. The van der Waals surface area contributed by atoms with E-state index in [0.29, 0.717) is 50.3 Å². The van der Waals surface area contributed by atoms with Crippen LogP contribution >= 0.6 is 23.4 Å². The summed E-state index contributed by atoms with van der Waals surface area (Å²) >= 11 is 7.54. The SMILES string of the molecule is CCn1c(SCc2ccc(C(=O)Nc3ccccc3N)cc2)nc2cc(Cl)ccc2c1=O. The number of para-hydroxylation sites is 2. The van der Waals surface area contributed by atoms with E-state index in [9.17, 15) is 9.59 Å². The maximum atomic E-state index is 12.8. The molecule has 3 aromatic carbocycles. The van der Waals surface area contributed by atoms with Crippen molar-refractivity contribution in [2.75, 3.05) is 11.1 Å². The molecule has 1 heterocycles. The summed E-state index contributed by atoms with van der Waals surface area (Å²) in [6.45, 7) is 2.44. The fourth-order valence-electron chi connectivity index (χ4n) is 3.27. The van der Waals surface area contributed by atoms with Crippen LogP contribution in [0.3, 0.4) is 0 Å². The number of nitrogens with one attached hydrogen (secondary N) is 1. The van der Waals surface area contributed by atoms with Crippen LogP contribution in [-0.2, 0) is 12.3 Å². The lowest BCUT2D eigenvalue weighted by molar-refractivity contribution is 0.102. The number of halogens is 1. The molecule has 1 aromatic heterocycles. The van der Waals surface area contributed by atoms with Gasteiger partial charge < -0.3 is 11.1 Å². The van der Waals surface area contributed by atoms with Gasteiger partial charge in [0.15, 0.2) is 5.16 Å². The Kier molecular flexibility index (Phi) is 6.48. The molecule has 0 saturated heterocycles. The number of nitrogens with zero attached hydrogens (tertiary/aromatic N) is 2. The van der Waals surface area contributed by atoms with Crippen LogP contribution in [0, 0.1) is 0 Å². The molecule has 0 atom stereocenters. The number of nitrogen functional groups attached to an aromatic ring is 1. The molecule has 6 nitrogen and oxygen atoms in total. The number of fused-ring (bicyclic) bond motifs is 1. The number of carbonyl (C=O) groups is 1. The number of nitrogens with two attached hydrogens (primary N) is 1. The third-order valence-electron chi connectivity index (χ3n) is 4.99. The number of carbonyl (C=O) groups excluding carboxylic acids is 1. The zero-order chi connectivity index (χ0) is 22.7. The minimum atomic E-state index is -0.227. The second-order valence-corrected chi connectivity index (χ2v) is 8.51. The molecule has 8 heteroatoms. The van der Waals surface area contributed by atoms with Crippen molar-refractivity contribution >= 4 is 51.5 Å². The third-order valence-corrected chi connectivity index (χ3v) is 6.27. The summed E-state index contributed by atoms with van der Waals surface area (Å²) in [6, 6.07) is 19.6. The minimum absolute atomic E-state index is 0.0797. The van der Waals surface area contributed by atoms with Crippen molar-refractivity contribution in [1.29, 1.82) is 0 Å². The highest BCUT2D eigenvalue weighted by Crippen LogP contribution is 2.24. The largest absolute Gasteiger partial charge is 0.397 e. The van der Waals surface area contributed by atoms with Gasteiger partial charge in [-0.25, -0.2) is 4.98 Å². The Hall–Kier alpha value is -3.29. The Morgan fingerprint density at radius 2 is 1.88 bits per heavy atom. The summed E-state index contributed by atoms with van der Waals surface area (Å²) in [6.07, 6.45) is 0. The van der Waals surface area contributed by atoms with Crippen molar-refractivity contribution in [2.45, 2.75) is 24.4 Å². The molecule has 0 aliphatic heterocycles. The average molecular weight is 465 g/mol. The molecule has 162 valence electrons. The van der Waals surface area contributed by atoms with Crippen LogP contribution in [0.2, 0.25) is 5.02 Å². The van der Waals surface area contributed by atoms with Gasteiger partial charge in [-0.15, -0.1) is 0 Å². The first-order valence-corrected chi connectivity index (χ1v) is 11.4. The number of amides is 1. The molecular weight excluding hydrogens is 444 g/mol. The van der Waals surface area contributed by atoms with Crippen molar-refractivity contribution < 1.29 is 4.79 Å². The Morgan fingerprint density at radius 3 is 2.59 bits per heavy atom. The molecule has 0 aliphatic carbocycles. The summed E-state index contributed by atoms with van der Waals surface area (Å²) in [7, 11) is 0. The van der Waals surface area contributed by atoms with Crippen LogP contribution in [-0.4, -0.2) is 15.5 Å². The van der Waals surface area contributed by atoms with Crippen molar-refractivity contribution in [3.8, 4) is 0 Å². The van der Waals surface area contributed by atoms with E-state index in [1.807, 2.05) is 31.2 Å². The van der Waals surface area contributed by atoms with E-state index in [4.69, 9.17) is 17.3 Å². The summed E-state index contributed by atoms with van der Waals surface area (Å²) in [5.74, 6) is 0.376. The monoisotopic (exact) mass is 464 g/mol. The lowest BCUT2D eigenvalue weighted by atomic mass is 10.1. The van der Waals surface area contributed by atoms with Crippen molar-refractivity contribution in [1.82, 2.24) is 9.55 Å². The molecule has 0 unspecified atom stereocenters. The van der Waals surface area contributed by atoms with Crippen molar-refractivity contribution in [3.05, 3.63) is 93.2 Å². The maximum absolute atomic E-state index is 12.8. The van der Waals surface area contributed by atoms with Crippen LogP contribution in [0.4, 0.5) is 11.4 Å². The Balaban J connectivity index is 1.50. The van der Waals surface area contributed by atoms with Gasteiger partial charge in [0.25, 0.3) is 11.5 Å². The number of hydrogen-bond acceptors (Lipinski definition) is 5. The second-order valence-electron chi connectivity index (χ2n) is 7.13. The van der Waals surface area contributed by atoms with Gasteiger partial charge >= 0.3 is 0 Å². The molecule has 0 spiro atoms. The standard InChI is InChI=1S/C24H21ClN4O2S/c1-2-29-23(31)18-12-11-17(25)13-21(18)28-24(29)32-14-15-7-9-16(10-8-15)22(30)27-20-6-4-3-5-19(20)26/h3-13H,2,14,26H2,1H3,(H,27,30). The highest BCUT2D eigenvalue weighted by Gasteiger charge is 2.12. The van der Waals surface area contributed by atoms with E-state index in [0.717, 1.165) is 5.56 Å². The number of anilines is 2. The van der Waals surface area contributed by atoms with Gasteiger partial charge in [-0.3, -0.25) is 14.2 Å². The summed E-state index contributed by atoms with van der Waals surface area (Å²) in [5.41, 5.74) is 9.03. The van der Waals surface area contributed by atoms with E-state index in [2.05, 4.69) is 10.3 Å². The van der Waals surface area contributed by atoms with E-state index in [-0.39, 0.29) is 11.5 Å². The van der Waals surface area contributed by atoms with Gasteiger partial charge in [0.2, 0.25) is 0 Å². The minimum Gasteiger partial charge on any atom is -0.397 e. The first kappa shape index (κ1) is 21.9. The van der Waals surface area contributed by atoms with Gasteiger partial charge in [0.05, 0.1) is 22.3 Å². The molecule has 0 bridgehead atoms. The summed E-state index contributed by atoms with van der Waals surface area (Å²) in [5, 5.41) is 4.54. The summed E-state index contributed by atoms with van der Waals surface area (Å²) < 4.78 is 1.66. The van der Waals surface area contributed by atoms with Gasteiger partial charge in [0.1, 0.15) is 0 Å². The first-order valence-electron chi connectivity index (χ1n) is 10.0.